The highest BCUT2D eigenvalue weighted by molar-refractivity contribution is 5.76. The fourth-order valence-corrected chi connectivity index (χ4v) is 2.53. The van der Waals surface area contributed by atoms with E-state index in [-0.39, 0.29) is 11.8 Å². The van der Waals surface area contributed by atoms with Gasteiger partial charge in [-0.1, -0.05) is 30.3 Å². The first-order valence-electron chi connectivity index (χ1n) is 6.24. The Morgan fingerprint density at radius 1 is 1.41 bits per heavy atom. The number of carbonyl (C=O) groups is 1. The van der Waals surface area contributed by atoms with Gasteiger partial charge in [-0.2, -0.15) is 0 Å². The molecule has 1 fully saturated rings. The van der Waals surface area contributed by atoms with Crippen LogP contribution in [0, 0.1) is 5.92 Å². The lowest BCUT2D eigenvalue weighted by molar-refractivity contribution is -0.123. The van der Waals surface area contributed by atoms with Gasteiger partial charge in [0.15, 0.2) is 0 Å². The quantitative estimate of drug-likeness (QED) is 0.863. The number of likely N-dealkylation sites (tertiary alicyclic amines) is 1. The van der Waals surface area contributed by atoms with Gasteiger partial charge in [-0.25, -0.2) is 0 Å². The van der Waals surface area contributed by atoms with Crippen LogP contribution in [0.2, 0.25) is 0 Å². The summed E-state index contributed by atoms with van der Waals surface area (Å²) in [7, 11) is 0. The Labute approximate surface area is 103 Å². The van der Waals surface area contributed by atoms with E-state index in [1.165, 1.54) is 5.56 Å². The molecule has 0 aromatic heterocycles. The van der Waals surface area contributed by atoms with Gasteiger partial charge < -0.3 is 5.73 Å². The molecule has 1 aromatic rings. The maximum atomic E-state index is 11.2. The van der Waals surface area contributed by atoms with Crippen LogP contribution >= 0.6 is 0 Å². The summed E-state index contributed by atoms with van der Waals surface area (Å²) in [5, 5.41) is 0. The third-order valence-corrected chi connectivity index (χ3v) is 3.64. The second kappa shape index (κ2) is 5.32. The van der Waals surface area contributed by atoms with E-state index in [0.29, 0.717) is 6.04 Å². The number of amides is 1. The zero-order valence-electron chi connectivity index (χ0n) is 10.3. The number of primary amides is 1. The van der Waals surface area contributed by atoms with Crippen LogP contribution in [0.25, 0.3) is 0 Å². The Morgan fingerprint density at radius 2 is 2.12 bits per heavy atom. The van der Waals surface area contributed by atoms with Crippen molar-refractivity contribution in [1.29, 1.82) is 0 Å². The number of rotatable bonds is 3. The Bertz CT molecular complexity index is 377. The number of nitrogens with zero attached hydrogens (tertiary/aromatic N) is 1. The topological polar surface area (TPSA) is 46.3 Å². The van der Waals surface area contributed by atoms with E-state index in [9.17, 15) is 4.79 Å². The molecule has 0 saturated carbocycles. The fraction of sp³-hybridized carbons (Fsp3) is 0.500. The molecule has 0 aliphatic carbocycles. The summed E-state index contributed by atoms with van der Waals surface area (Å²) in [6.45, 7) is 4.11. The highest BCUT2D eigenvalue weighted by atomic mass is 16.1. The summed E-state index contributed by atoms with van der Waals surface area (Å²) in [6.07, 6.45) is 1.79. The minimum atomic E-state index is -0.142. The normalized spacial score (nSPS) is 25.7. The van der Waals surface area contributed by atoms with Crippen molar-refractivity contribution in [2.24, 2.45) is 11.7 Å². The van der Waals surface area contributed by atoms with Gasteiger partial charge in [-0.3, -0.25) is 9.69 Å². The van der Waals surface area contributed by atoms with E-state index in [0.717, 1.165) is 25.9 Å². The average molecular weight is 232 g/mol. The first-order valence-corrected chi connectivity index (χ1v) is 6.24. The number of carbonyl (C=O) groups excluding carboxylic acids is 1. The zero-order valence-corrected chi connectivity index (χ0v) is 10.3. The van der Waals surface area contributed by atoms with Crippen LogP contribution in [-0.4, -0.2) is 23.4 Å². The van der Waals surface area contributed by atoms with Crippen molar-refractivity contribution >= 4 is 5.91 Å². The Morgan fingerprint density at radius 3 is 2.71 bits per heavy atom. The molecule has 2 rings (SSSR count). The van der Waals surface area contributed by atoms with Crippen molar-refractivity contribution < 1.29 is 4.79 Å². The number of hydrogen-bond donors (Lipinski definition) is 1. The Kier molecular flexibility index (Phi) is 3.79. The molecule has 1 amide bonds. The molecule has 1 aliphatic rings. The average Bonchev–Trinajstić information content (AvgIpc) is 2.33. The molecule has 2 N–H and O–H groups in total. The lowest BCUT2D eigenvalue weighted by Crippen LogP contribution is -2.43. The van der Waals surface area contributed by atoms with Crippen molar-refractivity contribution in [3.63, 3.8) is 0 Å². The van der Waals surface area contributed by atoms with E-state index in [1.54, 1.807) is 0 Å². The summed E-state index contributed by atoms with van der Waals surface area (Å²) in [6, 6.07) is 10.9. The van der Waals surface area contributed by atoms with E-state index >= 15 is 0 Å². The van der Waals surface area contributed by atoms with Gasteiger partial charge in [0.25, 0.3) is 0 Å². The Balaban J connectivity index is 1.94. The predicted octanol–water partition coefficient (Wildman–Crippen LogP) is 1.77. The highest BCUT2D eigenvalue weighted by Gasteiger charge is 2.28. The molecule has 17 heavy (non-hydrogen) atoms. The third kappa shape index (κ3) is 3.07. The molecular formula is C14H20N2O. The van der Waals surface area contributed by atoms with Gasteiger partial charge in [0.05, 0.1) is 0 Å². The molecular weight excluding hydrogens is 212 g/mol. The summed E-state index contributed by atoms with van der Waals surface area (Å²) < 4.78 is 0. The second-order valence-corrected chi connectivity index (χ2v) is 4.93. The van der Waals surface area contributed by atoms with Gasteiger partial charge in [-0.15, -0.1) is 0 Å². The van der Waals surface area contributed by atoms with Gasteiger partial charge in [0.1, 0.15) is 0 Å². The number of benzene rings is 1. The molecule has 3 nitrogen and oxygen atoms in total. The minimum absolute atomic E-state index is 0.0667. The van der Waals surface area contributed by atoms with E-state index < -0.39 is 0 Å². The fourth-order valence-electron chi connectivity index (χ4n) is 2.53. The SMILES string of the molecule is CC1CC(C(N)=O)CCN1Cc1ccccc1. The van der Waals surface area contributed by atoms with Gasteiger partial charge >= 0.3 is 0 Å². The predicted molar refractivity (Wildman–Crippen MR) is 68.2 cm³/mol. The molecule has 2 unspecified atom stereocenters. The van der Waals surface area contributed by atoms with Crippen molar-refractivity contribution in [2.45, 2.75) is 32.4 Å². The maximum Gasteiger partial charge on any atom is 0.220 e. The third-order valence-electron chi connectivity index (χ3n) is 3.64. The van der Waals surface area contributed by atoms with Crippen LogP contribution in [0.3, 0.4) is 0 Å². The molecule has 3 heteroatoms. The molecule has 0 bridgehead atoms. The number of hydrogen-bond acceptors (Lipinski definition) is 2. The number of piperidine rings is 1. The molecule has 0 spiro atoms. The van der Waals surface area contributed by atoms with E-state index in [2.05, 4.69) is 36.1 Å². The van der Waals surface area contributed by atoms with Crippen LogP contribution in [0.15, 0.2) is 30.3 Å². The van der Waals surface area contributed by atoms with E-state index in [4.69, 9.17) is 5.73 Å². The molecule has 0 radical (unpaired) electrons. The van der Waals surface area contributed by atoms with Crippen molar-refractivity contribution in [3.8, 4) is 0 Å². The van der Waals surface area contributed by atoms with Crippen LogP contribution in [0.1, 0.15) is 25.3 Å². The summed E-state index contributed by atoms with van der Waals surface area (Å²) in [5.41, 5.74) is 6.70. The monoisotopic (exact) mass is 232 g/mol. The minimum Gasteiger partial charge on any atom is -0.369 e. The lowest BCUT2D eigenvalue weighted by atomic mass is 9.91. The second-order valence-electron chi connectivity index (χ2n) is 4.93. The van der Waals surface area contributed by atoms with Gasteiger partial charge in [0.2, 0.25) is 5.91 Å². The largest absolute Gasteiger partial charge is 0.369 e. The van der Waals surface area contributed by atoms with Crippen LogP contribution in [0.4, 0.5) is 0 Å². The molecule has 92 valence electrons. The summed E-state index contributed by atoms with van der Waals surface area (Å²) in [4.78, 5) is 13.6. The highest BCUT2D eigenvalue weighted by Crippen LogP contribution is 2.23. The first kappa shape index (κ1) is 12.1. The first-order chi connectivity index (χ1) is 8.16. The molecule has 1 saturated heterocycles. The van der Waals surface area contributed by atoms with Gasteiger partial charge in [0, 0.05) is 18.5 Å². The molecule has 1 aliphatic heterocycles. The molecule has 1 heterocycles. The zero-order chi connectivity index (χ0) is 12.3. The van der Waals surface area contributed by atoms with Crippen molar-refractivity contribution in [3.05, 3.63) is 35.9 Å². The van der Waals surface area contributed by atoms with Crippen molar-refractivity contribution in [1.82, 2.24) is 4.90 Å². The molecule has 2 atom stereocenters. The van der Waals surface area contributed by atoms with Gasteiger partial charge in [-0.05, 0) is 31.9 Å². The standard InChI is InChI=1S/C14H20N2O/c1-11-9-13(14(15)17)7-8-16(11)10-12-5-3-2-4-6-12/h2-6,11,13H,7-10H2,1H3,(H2,15,17). The van der Waals surface area contributed by atoms with Crippen LogP contribution in [-0.2, 0) is 11.3 Å². The maximum absolute atomic E-state index is 11.2. The van der Waals surface area contributed by atoms with Crippen LogP contribution < -0.4 is 5.73 Å². The number of nitrogens with two attached hydrogens (primary N) is 1. The smallest absolute Gasteiger partial charge is 0.220 e. The molecule has 1 aromatic carbocycles. The van der Waals surface area contributed by atoms with Crippen LogP contribution in [0.5, 0.6) is 0 Å². The Hall–Kier alpha value is -1.35. The van der Waals surface area contributed by atoms with Crippen molar-refractivity contribution in [2.75, 3.05) is 6.54 Å². The summed E-state index contributed by atoms with van der Waals surface area (Å²) in [5.74, 6) is -0.0757. The lowest BCUT2D eigenvalue weighted by Gasteiger charge is -2.36. The van der Waals surface area contributed by atoms with E-state index in [1.807, 2.05) is 6.07 Å². The summed E-state index contributed by atoms with van der Waals surface area (Å²) >= 11 is 0.